The van der Waals surface area contributed by atoms with Gasteiger partial charge in [-0.1, -0.05) is 13.8 Å². The van der Waals surface area contributed by atoms with Crippen molar-refractivity contribution in [2.45, 2.75) is 39.2 Å². The van der Waals surface area contributed by atoms with Crippen LogP contribution >= 0.6 is 11.3 Å². The zero-order valence-corrected chi connectivity index (χ0v) is 16.7. The highest BCUT2D eigenvalue weighted by molar-refractivity contribution is 7.15. The quantitative estimate of drug-likeness (QED) is 0.540. The molecule has 0 aromatic carbocycles. The van der Waals surface area contributed by atoms with Gasteiger partial charge in [-0.05, 0) is 30.2 Å². The minimum absolute atomic E-state index is 0.119. The third kappa shape index (κ3) is 5.27. The lowest BCUT2D eigenvalue weighted by Crippen LogP contribution is -2.57. The van der Waals surface area contributed by atoms with Crippen molar-refractivity contribution < 1.29 is 23.9 Å². The Morgan fingerprint density at radius 2 is 2.15 bits per heavy atom. The summed E-state index contributed by atoms with van der Waals surface area (Å²) in [5.74, 6) is -1.01. The molecule has 1 atom stereocenters. The lowest BCUT2D eigenvalue weighted by Gasteiger charge is -2.24. The molecule has 2 heterocycles. The van der Waals surface area contributed by atoms with Crippen LogP contribution in [0.5, 0.6) is 0 Å². The average Bonchev–Trinajstić information content (AvgIpc) is 3.21. The third-order valence-electron chi connectivity index (χ3n) is 4.31. The molecule has 1 aliphatic rings. The highest BCUT2D eigenvalue weighted by Crippen LogP contribution is 2.31. The van der Waals surface area contributed by atoms with E-state index in [1.165, 1.54) is 11.3 Å². The Hall–Kier alpha value is -1.97. The minimum Gasteiger partial charge on any atom is -0.462 e. The van der Waals surface area contributed by atoms with E-state index in [2.05, 4.69) is 24.5 Å². The molecule has 1 aromatic heterocycles. The van der Waals surface area contributed by atoms with Gasteiger partial charge >= 0.3 is 5.97 Å². The van der Waals surface area contributed by atoms with Crippen molar-refractivity contribution in [1.29, 1.82) is 0 Å². The van der Waals surface area contributed by atoms with Crippen LogP contribution in [-0.4, -0.2) is 49.7 Å². The molecule has 8 nitrogen and oxygen atoms in total. The first-order chi connectivity index (χ1) is 12.8. The molecular weight excluding hydrogens is 370 g/mol. The molecule has 0 saturated carbocycles. The van der Waals surface area contributed by atoms with Crippen LogP contribution in [0.15, 0.2) is 5.38 Å². The first-order valence-electron chi connectivity index (χ1n) is 8.99. The fraction of sp³-hybridized carbons (Fsp3) is 0.611. The molecule has 0 spiro atoms. The van der Waals surface area contributed by atoms with E-state index in [4.69, 9.17) is 15.2 Å². The van der Waals surface area contributed by atoms with Crippen LogP contribution in [0.4, 0.5) is 5.00 Å². The standard InChI is InChI=1S/C18H27N3O5S/c1-4-26-16(23)14-12(7-11(2)3)9-27-15(14)21-13(22)8-20-18(17(19)24)5-6-25-10-18/h9,11,20H,4-8,10H2,1-3H3,(H2,19,24)(H,21,22). The zero-order valence-electron chi connectivity index (χ0n) is 15.9. The number of primary amides is 1. The van der Waals surface area contributed by atoms with Crippen molar-refractivity contribution in [3.8, 4) is 0 Å². The van der Waals surface area contributed by atoms with E-state index >= 15 is 0 Å². The van der Waals surface area contributed by atoms with Crippen LogP contribution < -0.4 is 16.4 Å². The highest BCUT2D eigenvalue weighted by atomic mass is 32.1. The lowest BCUT2D eigenvalue weighted by atomic mass is 9.98. The number of amides is 2. The van der Waals surface area contributed by atoms with Crippen molar-refractivity contribution in [1.82, 2.24) is 5.32 Å². The van der Waals surface area contributed by atoms with Crippen LogP contribution in [-0.2, 0) is 25.5 Å². The fourth-order valence-corrected chi connectivity index (χ4v) is 3.89. The fourth-order valence-electron chi connectivity index (χ4n) is 2.91. The average molecular weight is 397 g/mol. The smallest absolute Gasteiger partial charge is 0.341 e. The summed E-state index contributed by atoms with van der Waals surface area (Å²) in [4.78, 5) is 36.4. The first kappa shape index (κ1) is 21.3. The van der Waals surface area contributed by atoms with E-state index in [0.29, 0.717) is 35.9 Å². The van der Waals surface area contributed by atoms with Crippen molar-refractivity contribution in [3.63, 3.8) is 0 Å². The summed E-state index contributed by atoms with van der Waals surface area (Å²) in [6, 6.07) is 0. The second kappa shape index (κ2) is 9.29. The summed E-state index contributed by atoms with van der Waals surface area (Å²) in [6.07, 6.45) is 1.13. The number of carbonyl (C=O) groups excluding carboxylic acids is 3. The number of ether oxygens (including phenoxy) is 2. The monoisotopic (exact) mass is 397 g/mol. The molecule has 150 valence electrons. The number of carbonyl (C=O) groups is 3. The molecule has 2 rings (SSSR count). The molecule has 9 heteroatoms. The van der Waals surface area contributed by atoms with E-state index in [1.807, 2.05) is 5.38 Å². The number of rotatable bonds is 9. The topological polar surface area (TPSA) is 120 Å². The van der Waals surface area contributed by atoms with E-state index in [1.54, 1.807) is 6.92 Å². The largest absolute Gasteiger partial charge is 0.462 e. The SMILES string of the molecule is CCOC(=O)c1c(CC(C)C)csc1NC(=O)CNC1(C(N)=O)CCOC1. The van der Waals surface area contributed by atoms with Crippen molar-refractivity contribution >= 4 is 34.1 Å². The van der Waals surface area contributed by atoms with Gasteiger partial charge in [-0.15, -0.1) is 11.3 Å². The van der Waals surface area contributed by atoms with Gasteiger partial charge in [0.05, 0.1) is 25.3 Å². The van der Waals surface area contributed by atoms with E-state index in [9.17, 15) is 14.4 Å². The number of anilines is 1. The molecule has 27 heavy (non-hydrogen) atoms. The lowest BCUT2D eigenvalue weighted by molar-refractivity contribution is -0.124. The minimum atomic E-state index is -1.03. The van der Waals surface area contributed by atoms with Crippen molar-refractivity contribution in [3.05, 3.63) is 16.5 Å². The number of hydrogen-bond acceptors (Lipinski definition) is 7. The number of nitrogens with one attached hydrogen (secondary N) is 2. The molecule has 2 amide bonds. The van der Waals surface area contributed by atoms with Gasteiger partial charge in [0.15, 0.2) is 0 Å². The van der Waals surface area contributed by atoms with Gasteiger partial charge in [-0.2, -0.15) is 0 Å². The first-order valence-corrected chi connectivity index (χ1v) is 9.87. The summed E-state index contributed by atoms with van der Waals surface area (Å²) >= 11 is 1.29. The van der Waals surface area contributed by atoms with E-state index < -0.39 is 17.4 Å². The van der Waals surface area contributed by atoms with Gasteiger partial charge in [0.1, 0.15) is 10.5 Å². The molecule has 0 bridgehead atoms. The normalized spacial score (nSPS) is 19.3. The highest BCUT2D eigenvalue weighted by Gasteiger charge is 2.40. The maximum atomic E-state index is 12.4. The molecular formula is C18H27N3O5S. The Labute approximate surface area is 162 Å². The maximum absolute atomic E-state index is 12.4. The van der Waals surface area contributed by atoms with Gasteiger partial charge in [-0.25, -0.2) is 4.79 Å². The third-order valence-corrected chi connectivity index (χ3v) is 5.25. The predicted octanol–water partition coefficient (Wildman–Crippen LogP) is 1.30. The molecule has 1 aliphatic heterocycles. The van der Waals surface area contributed by atoms with E-state index in [0.717, 1.165) is 5.56 Å². The van der Waals surface area contributed by atoms with E-state index in [-0.39, 0.29) is 25.7 Å². The van der Waals surface area contributed by atoms with Gasteiger partial charge in [-0.3, -0.25) is 14.9 Å². The molecule has 4 N–H and O–H groups in total. The second-order valence-corrected chi connectivity index (χ2v) is 7.81. The number of nitrogens with two attached hydrogens (primary N) is 1. The van der Waals surface area contributed by atoms with Gasteiger partial charge in [0.25, 0.3) is 0 Å². The van der Waals surface area contributed by atoms with Crippen molar-refractivity contribution in [2.24, 2.45) is 11.7 Å². The van der Waals surface area contributed by atoms with Crippen LogP contribution in [0.3, 0.4) is 0 Å². The van der Waals surface area contributed by atoms with Gasteiger partial charge in [0.2, 0.25) is 11.8 Å². The molecule has 0 radical (unpaired) electrons. The maximum Gasteiger partial charge on any atom is 0.341 e. The van der Waals surface area contributed by atoms with Crippen LogP contribution in [0.2, 0.25) is 0 Å². The molecule has 1 unspecified atom stereocenters. The predicted molar refractivity (Wildman–Crippen MR) is 103 cm³/mol. The Bertz CT molecular complexity index is 695. The van der Waals surface area contributed by atoms with Gasteiger partial charge < -0.3 is 20.5 Å². The van der Waals surface area contributed by atoms with Crippen LogP contribution in [0.1, 0.15) is 43.1 Å². The Morgan fingerprint density at radius 3 is 2.70 bits per heavy atom. The summed E-state index contributed by atoms with van der Waals surface area (Å²) in [6.45, 7) is 6.54. The van der Waals surface area contributed by atoms with Gasteiger partial charge in [0, 0.05) is 13.0 Å². The summed E-state index contributed by atoms with van der Waals surface area (Å²) in [7, 11) is 0. The molecule has 1 saturated heterocycles. The summed E-state index contributed by atoms with van der Waals surface area (Å²) < 4.78 is 10.4. The molecule has 1 aromatic rings. The number of esters is 1. The Morgan fingerprint density at radius 1 is 1.41 bits per heavy atom. The summed E-state index contributed by atoms with van der Waals surface area (Å²) in [5.41, 5.74) is 5.67. The molecule has 1 fully saturated rings. The van der Waals surface area contributed by atoms with Crippen LogP contribution in [0, 0.1) is 5.92 Å². The Balaban J connectivity index is 2.09. The van der Waals surface area contributed by atoms with Crippen molar-refractivity contribution in [2.75, 3.05) is 31.7 Å². The summed E-state index contributed by atoms with van der Waals surface area (Å²) in [5, 5.41) is 7.97. The zero-order chi connectivity index (χ0) is 20.0. The number of thiophene rings is 1. The van der Waals surface area contributed by atoms with Crippen LogP contribution in [0.25, 0.3) is 0 Å². The second-order valence-electron chi connectivity index (χ2n) is 6.93. The molecule has 0 aliphatic carbocycles. The number of hydrogen-bond donors (Lipinski definition) is 3. The Kier molecular flexibility index (Phi) is 7.34.